The number of anilines is 1. The van der Waals surface area contributed by atoms with Crippen LogP contribution in [0.25, 0.3) is 5.82 Å². The van der Waals surface area contributed by atoms with Crippen LogP contribution in [0.5, 0.6) is 0 Å². The standard InChI is InChI=1S/C20H16ClF3N6O3/c1-10-5-3-7-13(16(10)19(33)28-27-11(2)31)26-18(32)14-9-15(20(22,23)24)29-30(14)17-12(21)6-4-8-25-17/h3-9H,1-2H3,(H,26,32)(H,27,31)(H,28,33). The molecule has 0 saturated heterocycles. The maximum absolute atomic E-state index is 13.3. The first kappa shape index (κ1) is 23.7. The first-order valence-electron chi connectivity index (χ1n) is 9.25. The number of aryl methyl sites for hydroxylation is 1. The van der Waals surface area contributed by atoms with E-state index in [0.717, 1.165) is 0 Å². The molecule has 3 N–H and O–H groups in total. The Morgan fingerprint density at radius 1 is 1.06 bits per heavy atom. The van der Waals surface area contributed by atoms with Gasteiger partial charge in [0.1, 0.15) is 5.69 Å². The summed E-state index contributed by atoms with van der Waals surface area (Å²) in [6.07, 6.45) is -3.56. The average molecular weight is 481 g/mol. The van der Waals surface area contributed by atoms with E-state index in [0.29, 0.717) is 16.3 Å². The number of benzene rings is 1. The van der Waals surface area contributed by atoms with Gasteiger partial charge in [-0.3, -0.25) is 25.2 Å². The average Bonchev–Trinajstić information content (AvgIpc) is 3.18. The molecule has 13 heteroatoms. The van der Waals surface area contributed by atoms with Crippen molar-refractivity contribution in [2.45, 2.75) is 20.0 Å². The monoisotopic (exact) mass is 480 g/mol. The van der Waals surface area contributed by atoms with Crippen LogP contribution in [0.1, 0.15) is 39.0 Å². The zero-order valence-electron chi connectivity index (χ0n) is 17.1. The second-order valence-corrected chi connectivity index (χ2v) is 7.13. The summed E-state index contributed by atoms with van der Waals surface area (Å²) in [4.78, 5) is 40.5. The third-order valence-corrected chi connectivity index (χ3v) is 4.57. The van der Waals surface area contributed by atoms with E-state index in [2.05, 4.69) is 26.3 Å². The van der Waals surface area contributed by atoms with Gasteiger partial charge in [-0.05, 0) is 30.7 Å². The van der Waals surface area contributed by atoms with E-state index >= 15 is 0 Å². The van der Waals surface area contributed by atoms with E-state index in [4.69, 9.17) is 11.6 Å². The molecule has 0 radical (unpaired) electrons. The third-order valence-electron chi connectivity index (χ3n) is 4.27. The number of carbonyl (C=O) groups excluding carboxylic acids is 3. The smallest absolute Gasteiger partial charge is 0.320 e. The number of pyridine rings is 1. The molecule has 2 heterocycles. The van der Waals surface area contributed by atoms with Gasteiger partial charge in [0.05, 0.1) is 16.3 Å². The SMILES string of the molecule is CC(=O)NNC(=O)c1c(C)cccc1NC(=O)c1cc(C(F)(F)F)nn1-c1ncccc1Cl. The van der Waals surface area contributed by atoms with Crippen molar-refractivity contribution in [1.82, 2.24) is 25.6 Å². The molecule has 0 aliphatic rings. The quantitative estimate of drug-likeness (QED) is 0.495. The minimum absolute atomic E-state index is 0.00224. The number of hydrazine groups is 1. The van der Waals surface area contributed by atoms with Crippen LogP contribution in [0.3, 0.4) is 0 Å². The Morgan fingerprint density at radius 2 is 1.79 bits per heavy atom. The minimum Gasteiger partial charge on any atom is -0.320 e. The number of rotatable bonds is 4. The number of hydrogen-bond acceptors (Lipinski definition) is 5. The Balaban J connectivity index is 2.03. The van der Waals surface area contributed by atoms with Crippen LogP contribution in [0.15, 0.2) is 42.6 Å². The molecule has 0 spiro atoms. The fourth-order valence-electron chi connectivity index (χ4n) is 2.84. The predicted octanol–water partition coefficient (Wildman–Crippen LogP) is 3.28. The molecule has 0 unspecified atom stereocenters. The van der Waals surface area contributed by atoms with E-state index in [1.807, 2.05) is 0 Å². The molecule has 1 aromatic carbocycles. The number of carbonyl (C=O) groups is 3. The Kier molecular flexibility index (Phi) is 6.68. The fourth-order valence-corrected chi connectivity index (χ4v) is 3.04. The molecule has 2 aromatic heterocycles. The second-order valence-electron chi connectivity index (χ2n) is 6.72. The third kappa shape index (κ3) is 5.29. The van der Waals surface area contributed by atoms with Crippen molar-refractivity contribution in [1.29, 1.82) is 0 Å². The second kappa shape index (κ2) is 9.28. The molecule has 33 heavy (non-hydrogen) atoms. The number of aromatic nitrogens is 3. The van der Waals surface area contributed by atoms with Crippen LogP contribution >= 0.6 is 11.6 Å². The van der Waals surface area contributed by atoms with E-state index in [1.54, 1.807) is 13.0 Å². The molecule has 0 bridgehead atoms. The van der Waals surface area contributed by atoms with Gasteiger partial charge in [0, 0.05) is 19.2 Å². The minimum atomic E-state index is -4.84. The molecule has 172 valence electrons. The van der Waals surface area contributed by atoms with Gasteiger partial charge in [-0.15, -0.1) is 0 Å². The summed E-state index contributed by atoms with van der Waals surface area (Å²) >= 11 is 6.04. The highest BCUT2D eigenvalue weighted by molar-refractivity contribution is 6.32. The van der Waals surface area contributed by atoms with Gasteiger partial charge in [-0.25, -0.2) is 9.67 Å². The van der Waals surface area contributed by atoms with Crippen LogP contribution in [0, 0.1) is 6.92 Å². The van der Waals surface area contributed by atoms with E-state index < -0.39 is 35.3 Å². The number of nitrogens with one attached hydrogen (secondary N) is 3. The largest absolute Gasteiger partial charge is 0.435 e. The molecule has 3 aromatic rings. The summed E-state index contributed by atoms with van der Waals surface area (Å²) in [6, 6.07) is 7.89. The number of nitrogens with zero attached hydrogens (tertiary/aromatic N) is 3. The lowest BCUT2D eigenvalue weighted by Gasteiger charge is -2.14. The normalized spacial score (nSPS) is 11.1. The van der Waals surface area contributed by atoms with Crippen molar-refractivity contribution in [2.24, 2.45) is 0 Å². The van der Waals surface area contributed by atoms with Crippen LogP contribution < -0.4 is 16.2 Å². The topological polar surface area (TPSA) is 118 Å². The molecular weight excluding hydrogens is 465 g/mol. The maximum atomic E-state index is 13.3. The molecule has 0 saturated carbocycles. The lowest BCUT2D eigenvalue weighted by atomic mass is 10.1. The highest BCUT2D eigenvalue weighted by Gasteiger charge is 2.36. The van der Waals surface area contributed by atoms with Crippen molar-refractivity contribution in [3.8, 4) is 5.82 Å². The number of amides is 3. The molecular formula is C20H16ClF3N6O3. The molecule has 0 atom stereocenters. The van der Waals surface area contributed by atoms with Crippen LogP contribution in [0.2, 0.25) is 5.02 Å². The van der Waals surface area contributed by atoms with E-state index in [-0.39, 0.29) is 22.1 Å². The molecule has 9 nitrogen and oxygen atoms in total. The van der Waals surface area contributed by atoms with E-state index in [1.165, 1.54) is 37.4 Å². The summed E-state index contributed by atoms with van der Waals surface area (Å²) in [6.45, 7) is 2.76. The molecule has 0 fully saturated rings. The summed E-state index contributed by atoms with van der Waals surface area (Å²) in [7, 11) is 0. The Bertz CT molecular complexity index is 1240. The van der Waals surface area contributed by atoms with Gasteiger partial charge in [-0.2, -0.15) is 18.3 Å². The molecule has 3 rings (SSSR count). The van der Waals surface area contributed by atoms with Gasteiger partial charge in [-0.1, -0.05) is 23.7 Å². The summed E-state index contributed by atoms with van der Waals surface area (Å²) in [5.74, 6) is -2.46. The first-order valence-corrected chi connectivity index (χ1v) is 9.63. The summed E-state index contributed by atoms with van der Waals surface area (Å²) in [5, 5.41) is 5.84. The number of halogens is 4. The highest BCUT2D eigenvalue weighted by Crippen LogP contribution is 2.31. The Hall–Kier alpha value is -3.93. The van der Waals surface area contributed by atoms with Crippen LogP contribution in [-0.2, 0) is 11.0 Å². The van der Waals surface area contributed by atoms with Crippen molar-refractivity contribution in [2.75, 3.05) is 5.32 Å². The maximum Gasteiger partial charge on any atom is 0.435 e. The van der Waals surface area contributed by atoms with Crippen LogP contribution in [-0.4, -0.2) is 32.5 Å². The Morgan fingerprint density at radius 3 is 2.42 bits per heavy atom. The molecule has 0 aliphatic carbocycles. The van der Waals surface area contributed by atoms with Gasteiger partial charge >= 0.3 is 6.18 Å². The van der Waals surface area contributed by atoms with Crippen LogP contribution in [0.4, 0.5) is 18.9 Å². The fraction of sp³-hybridized carbons (Fsp3) is 0.150. The predicted molar refractivity (Wildman–Crippen MR) is 112 cm³/mol. The zero-order chi connectivity index (χ0) is 24.3. The van der Waals surface area contributed by atoms with Gasteiger partial charge in [0.15, 0.2) is 11.5 Å². The first-order chi connectivity index (χ1) is 15.5. The molecule has 0 aliphatic heterocycles. The summed E-state index contributed by atoms with van der Waals surface area (Å²) in [5.41, 5.74) is 2.89. The van der Waals surface area contributed by atoms with Gasteiger partial charge in [0.25, 0.3) is 11.8 Å². The van der Waals surface area contributed by atoms with Gasteiger partial charge < -0.3 is 5.32 Å². The lowest BCUT2D eigenvalue weighted by Crippen LogP contribution is -2.41. The van der Waals surface area contributed by atoms with Crippen molar-refractivity contribution < 1.29 is 27.6 Å². The number of alkyl halides is 3. The summed E-state index contributed by atoms with van der Waals surface area (Å²) < 4.78 is 40.6. The number of hydrogen-bond donors (Lipinski definition) is 3. The van der Waals surface area contributed by atoms with Gasteiger partial charge in [0.2, 0.25) is 5.91 Å². The molecule has 3 amide bonds. The van der Waals surface area contributed by atoms with E-state index in [9.17, 15) is 27.6 Å². The highest BCUT2D eigenvalue weighted by atomic mass is 35.5. The van der Waals surface area contributed by atoms with Crippen molar-refractivity contribution >= 4 is 35.0 Å². The van der Waals surface area contributed by atoms with Crippen molar-refractivity contribution in [3.63, 3.8) is 0 Å². The van der Waals surface area contributed by atoms with Crippen molar-refractivity contribution in [3.05, 3.63) is 70.1 Å². The lowest BCUT2D eigenvalue weighted by molar-refractivity contribution is -0.141. The Labute approximate surface area is 189 Å². The zero-order valence-corrected chi connectivity index (χ0v) is 17.9.